The third-order valence-corrected chi connectivity index (χ3v) is 3.37. The molecule has 3 nitrogen and oxygen atoms in total. The summed E-state index contributed by atoms with van der Waals surface area (Å²) >= 11 is 6.17. The van der Waals surface area contributed by atoms with E-state index < -0.39 is 5.60 Å². The smallest absolute Gasteiger partial charge is 0.138 e. The first-order valence-corrected chi connectivity index (χ1v) is 6.88. The van der Waals surface area contributed by atoms with Gasteiger partial charge in [0, 0.05) is 22.3 Å². The van der Waals surface area contributed by atoms with E-state index in [0.717, 1.165) is 0 Å². The Labute approximate surface area is 124 Å². The highest BCUT2D eigenvalue weighted by Gasteiger charge is 2.28. The number of benzene rings is 1. The van der Waals surface area contributed by atoms with Gasteiger partial charge in [-0.1, -0.05) is 29.8 Å². The maximum absolute atomic E-state index is 10.8. The van der Waals surface area contributed by atoms with E-state index in [2.05, 4.69) is 4.98 Å². The lowest BCUT2D eigenvalue weighted by Gasteiger charge is -2.25. The molecule has 0 spiro atoms. The van der Waals surface area contributed by atoms with Crippen molar-refractivity contribution in [1.82, 2.24) is 4.98 Å². The van der Waals surface area contributed by atoms with Gasteiger partial charge in [-0.3, -0.25) is 4.98 Å². The minimum atomic E-state index is -1.22. The minimum Gasteiger partial charge on any atom is -0.489 e. The average molecular weight is 292 g/mol. The van der Waals surface area contributed by atoms with Crippen LogP contribution in [0.25, 0.3) is 0 Å². The molecule has 0 saturated carbocycles. The molecular formula is C16H18ClNO2. The maximum Gasteiger partial charge on any atom is 0.138 e. The van der Waals surface area contributed by atoms with Crippen LogP contribution >= 0.6 is 11.6 Å². The second kappa shape index (κ2) is 5.81. The first-order valence-electron chi connectivity index (χ1n) is 6.51. The molecular weight excluding hydrogens is 274 g/mol. The Balaban J connectivity index is 2.41. The van der Waals surface area contributed by atoms with Gasteiger partial charge >= 0.3 is 0 Å². The van der Waals surface area contributed by atoms with Crippen LogP contribution < -0.4 is 4.74 Å². The Bertz CT molecular complexity index is 597. The molecule has 0 aliphatic heterocycles. The standard InChI is InChI=1S/C16H18ClNO2/c1-11(2)20-13-8-12(9-18-10-13)16(3,19)14-6-4-5-7-15(14)17/h4-11,19H,1-3H3. The summed E-state index contributed by atoms with van der Waals surface area (Å²) in [6.07, 6.45) is 3.31. The Morgan fingerprint density at radius 1 is 1.25 bits per heavy atom. The molecule has 106 valence electrons. The zero-order chi connectivity index (χ0) is 14.8. The van der Waals surface area contributed by atoms with Gasteiger partial charge < -0.3 is 9.84 Å². The number of hydrogen-bond donors (Lipinski definition) is 1. The molecule has 0 saturated heterocycles. The zero-order valence-corrected chi connectivity index (χ0v) is 12.6. The molecule has 1 unspecified atom stereocenters. The van der Waals surface area contributed by atoms with Gasteiger partial charge in [0.25, 0.3) is 0 Å². The van der Waals surface area contributed by atoms with Crippen LogP contribution in [-0.4, -0.2) is 16.2 Å². The minimum absolute atomic E-state index is 0.0531. The van der Waals surface area contributed by atoms with Crippen LogP contribution in [0.5, 0.6) is 5.75 Å². The summed E-state index contributed by atoms with van der Waals surface area (Å²) in [4.78, 5) is 4.13. The normalized spacial score (nSPS) is 14.1. The Morgan fingerprint density at radius 2 is 1.95 bits per heavy atom. The lowest BCUT2D eigenvalue weighted by Crippen LogP contribution is -2.23. The van der Waals surface area contributed by atoms with Gasteiger partial charge in [0.05, 0.1) is 12.3 Å². The van der Waals surface area contributed by atoms with E-state index in [1.54, 1.807) is 37.5 Å². The molecule has 0 amide bonds. The van der Waals surface area contributed by atoms with Crippen LogP contribution in [0, 0.1) is 0 Å². The van der Waals surface area contributed by atoms with Gasteiger partial charge in [0.15, 0.2) is 0 Å². The fraction of sp³-hybridized carbons (Fsp3) is 0.312. The van der Waals surface area contributed by atoms with Crippen molar-refractivity contribution in [2.24, 2.45) is 0 Å². The largest absolute Gasteiger partial charge is 0.489 e. The first-order chi connectivity index (χ1) is 9.41. The average Bonchev–Trinajstić information content (AvgIpc) is 2.38. The summed E-state index contributed by atoms with van der Waals surface area (Å²) in [5.41, 5.74) is 0.0655. The highest BCUT2D eigenvalue weighted by molar-refractivity contribution is 6.31. The predicted molar refractivity (Wildman–Crippen MR) is 80.1 cm³/mol. The maximum atomic E-state index is 10.8. The molecule has 0 bridgehead atoms. The molecule has 20 heavy (non-hydrogen) atoms. The lowest BCUT2D eigenvalue weighted by atomic mass is 9.89. The predicted octanol–water partition coefficient (Wildman–Crippen LogP) is 3.78. The number of ether oxygens (including phenoxy) is 1. The molecule has 2 aromatic rings. The van der Waals surface area contributed by atoms with E-state index in [0.29, 0.717) is 21.9 Å². The van der Waals surface area contributed by atoms with E-state index in [-0.39, 0.29) is 6.10 Å². The summed E-state index contributed by atoms with van der Waals surface area (Å²) in [5, 5.41) is 11.3. The van der Waals surface area contributed by atoms with Gasteiger partial charge in [-0.15, -0.1) is 0 Å². The number of aromatic nitrogens is 1. The van der Waals surface area contributed by atoms with E-state index in [9.17, 15) is 5.11 Å². The van der Waals surface area contributed by atoms with E-state index in [1.807, 2.05) is 26.0 Å². The van der Waals surface area contributed by atoms with E-state index >= 15 is 0 Å². The quantitative estimate of drug-likeness (QED) is 0.932. The van der Waals surface area contributed by atoms with Gasteiger partial charge in [-0.2, -0.15) is 0 Å². The molecule has 1 aromatic heterocycles. The number of aliphatic hydroxyl groups is 1. The van der Waals surface area contributed by atoms with Gasteiger partial charge in [-0.05, 0) is 32.9 Å². The highest BCUT2D eigenvalue weighted by atomic mass is 35.5. The second-order valence-electron chi connectivity index (χ2n) is 5.13. The fourth-order valence-corrected chi connectivity index (χ4v) is 2.35. The Kier molecular flexibility index (Phi) is 4.31. The van der Waals surface area contributed by atoms with Gasteiger partial charge in [0.1, 0.15) is 11.4 Å². The molecule has 4 heteroatoms. The lowest BCUT2D eigenvalue weighted by molar-refractivity contribution is 0.101. The molecule has 2 rings (SSSR count). The molecule has 0 aliphatic rings. The zero-order valence-electron chi connectivity index (χ0n) is 11.8. The Hall–Kier alpha value is -1.58. The van der Waals surface area contributed by atoms with Crippen molar-refractivity contribution in [2.75, 3.05) is 0 Å². The van der Waals surface area contributed by atoms with Crippen molar-refractivity contribution in [3.8, 4) is 5.75 Å². The third-order valence-electron chi connectivity index (χ3n) is 3.05. The van der Waals surface area contributed by atoms with Crippen LogP contribution in [0.1, 0.15) is 31.9 Å². The Morgan fingerprint density at radius 3 is 2.60 bits per heavy atom. The molecule has 1 atom stereocenters. The van der Waals surface area contributed by atoms with Crippen molar-refractivity contribution < 1.29 is 9.84 Å². The number of nitrogens with zero attached hydrogens (tertiary/aromatic N) is 1. The van der Waals surface area contributed by atoms with Crippen LogP contribution in [0.3, 0.4) is 0 Å². The molecule has 0 aliphatic carbocycles. The van der Waals surface area contributed by atoms with Crippen LogP contribution in [0.2, 0.25) is 5.02 Å². The summed E-state index contributed by atoms with van der Waals surface area (Å²) in [7, 11) is 0. The van der Waals surface area contributed by atoms with Crippen LogP contribution in [-0.2, 0) is 5.60 Å². The number of pyridine rings is 1. The van der Waals surface area contributed by atoms with Crippen LogP contribution in [0.4, 0.5) is 0 Å². The van der Waals surface area contributed by atoms with E-state index in [4.69, 9.17) is 16.3 Å². The van der Waals surface area contributed by atoms with Crippen molar-refractivity contribution in [3.63, 3.8) is 0 Å². The third kappa shape index (κ3) is 3.11. The molecule has 0 fully saturated rings. The fourth-order valence-electron chi connectivity index (χ4n) is 2.03. The van der Waals surface area contributed by atoms with Crippen molar-refractivity contribution >= 4 is 11.6 Å². The summed E-state index contributed by atoms with van der Waals surface area (Å²) in [6, 6.07) is 9.03. The van der Waals surface area contributed by atoms with Crippen molar-refractivity contribution in [2.45, 2.75) is 32.5 Å². The molecule has 1 aromatic carbocycles. The summed E-state index contributed by atoms with van der Waals surface area (Å²) in [6.45, 7) is 5.59. The molecule has 0 radical (unpaired) electrons. The van der Waals surface area contributed by atoms with Gasteiger partial charge in [-0.25, -0.2) is 0 Å². The number of halogens is 1. The number of hydrogen-bond acceptors (Lipinski definition) is 3. The summed E-state index contributed by atoms with van der Waals surface area (Å²) < 4.78 is 5.61. The first kappa shape index (κ1) is 14.8. The summed E-state index contributed by atoms with van der Waals surface area (Å²) in [5.74, 6) is 0.629. The van der Waals surface area contributed by atoms with Crippen molar-refractivity contribution in [1.29, 1.82) is 0 Å². The van der Waals surface area contributed by atoms with Gasteiger partial charge in [0.2, 0.25) is 0 Å². The number of rotatable bonds is 4. The second-order valence-corrected chi connectivity index (χ2v) is 5.54. The van der Waals surface area contributed by atoms with Crippen molar-refractivity contribution in [3.05, 3.63) is 58.9 Å². The monoisotopic (exact) mass is 291 g/mol. The van der Waals surface area contributed by atoms with Crippen LogP contribution in [0.15, 0.2) is 42.7 Å². The molecule has 1 heterocycles. The topological polar surface area (TPSA) is 42.4 Å². The SMILES string of the molecule is CC(C)Oc1cncc(C(C)(O)c2ccccc2Cl)c1. The molecule has 1 N–H and O–H groups in total. The highest BCUT2D eigenvalue weighted by Crippen LogP contribution is 2.34. The van der Waals surface area contributed by atoms with E-state index in [1.165, 1.54) is 0 Å².